The van der Waals surface area contributed by atoms with E-state index >= 15 is 0 Å². The fraction of sp³-hybridized carbons (Fsp3) is 0.639. The van der Waals surface area contributed by atoms with Crippen molar-refractivity contribution in [1.82, 2.24) is 25.0 Å². The molecule has 1 saturated heterocycles. The lowest BCUT2D eigenvalue weighted by Crippen LogP contribution is -2.48. The Kier molecular flexibility index (Phi) is 12.7. The number of carbonyl (C=O) groups is 2. The van der Waals surface area contributed by atoms with Crippen molar-refractivity contribution >= 4 is 17.6 Å². The zero-order valence-corrected chi connectivity index (χ0v) is 28.1. The molecule has 252 valence electrons. The first kappa shape index (κ1) is 34.1. The van der Waals surface area contributed by atoms with Crippen LogP contribution in [0, 0.1) is 5.92 Å². The zero-order chi connectivity index (χ0) is 32.3. The smallest absolute Gasteiger partial charge is 0.319 e. The Morgan fingerprint density at radius 3 is 2.63 bits per heavy atom. The van der Waals surface area contributed by atoms with E-state index < -0.39 is 0 Å². The first-order chi connectivity index (χ1) is 22.3. The molecule has 1 saturated carbocycles. The van der Waals surface area contributed by atoms with Gasteiger partial charge in [0.05, 0.1) is 25.7 Å². The second-order valence-corrected chi connectivity index (χ2v) is 13.6. The van der Waals surface area contributed by atoms with Gasteiger partial charge >= 0.3 is 6.03 Å². The van der Waals surface area contributed by atoms with Crippen molar-refractivity contribution in [2.75, 3.05) is 58.3 Å². The van der Waals surface area contributed by atoms with E-state index in [2.05, 4.69) is 46.3 Å². The zero-order valence-electron chi connectivity index (χ0n) is 28.1. The van der Waals surface area contributed by atoms with Crippen LogP contribution in [0.5, 0.6) is 5.75 Å². The number of urea groups is 1. The molecule has 2 aromatic rings. The predicted octanol–water partition coefficient (Wildman–Crippen LogP) is 4.94. The van der Waals surface area contributed by atoms with Gasteiger partial charge in [-0.2, -0.15) is 0 Å². The van der Waals surface area contributed by atoms with Gasteiger partial charge in [0.15, 0.2) is 0 Å². The van der Waals surface area contributed by atoms with Crippen LogP contribution in [-0.2, 0) is 22.5 Å². The van der Waals surface area contributed by atoms with E-state index in [9.17, 15) is 9.59 Å². The lowest BCUT2D eigenvalue weighted by molar-refractivity contribution is -0.134. The molecular formula is C36H54N6O4. The number of likely N-dealkylation sites (tertiary alicyclic amines) is 1. The summed E-state index contributed by atoms with van der Waals surface area (Å²) in [5, 5.41) is 6.13. The topological polar surface area (TPSA) is 99.3 Å². The average molecular weight is 635 g/mol. The monoisotopic (exact) mass is 634 g/mol. The molecule has 0 radical (unpaired) electrons. The second kappa shape index (κ2) is 17.1. The van der Waals surface area contributed by atoms with Crippen LogP contribution in [0.2, 0.25) is 0 Å². The number of hydrogen-bond acceptors (Lipinski definition) is 7. The van der Waals surface area contributed by atoms with Gasteiger partial charge in [0.25, 0.3) is 0 Å². The van der Waals surface area contributed by atoms with E-state index in [0.717, 1.165) is 57.4 Å². The maximum atomic E-state index is 14.0. The number of aromatic nitrogens is 1. The Morgan fingerprint density at radius 1 is 1.11 bits per heavy atom. The van der Waals surface area contributed by atoms with Gasteiger partial charge in [-0.3, -0.25) is 14.7 Å². The van der Waals surface area contributed by atoms with Gasteiger partial charge in [0.1, 0.15) is 11.9 Å². The van der Waals surface area contributed by atoms with Gasteiger partial charge < -0.3 is 29.9 Å². The Labute approximate surface area is 275 Å². The predicted molar refractivity (Wildman–Crippen MR) is 181 cm³/mol. The third kappa shape index (κ3) is 10.1. The number of rotatable bonds is 12. The SMILES string of the molecule is CC1CN(C(C)COCCN2CCCC2)C(=O)Cc2cc(NC(=O)NC3CCCCC3)ccc2OC1CN(C)Cc1ccncc1. The van der Waals surface area contributed by atoms with Crippen molar-refractivity contribution in [3.8, 4) is 5.75 Å². The van der Waals surface area contributed by atoms with Gasteiger partial charge in [0, 0.05) is 61.8 Å². The van der Waals surface area contributed by atoms with Gasteiger partial charge in [-0.15, -0.1) is 0 Å². The fourth-order valence-corrected chi connectivity index (χ4v) is 6.94. The van der Waals surface area contributed by atoms with E-state index in [-0.39, 0.29) is 42.5 Å². The summed E-state index contributed by atoms with van der Waals surface area (Å²) in [5.74, 6) is 0.806. The van der Waals surface area contributed by atoms with Crippen molar-refractivity contribution in [3.05, 3.63) is 53.9 Å². The highest BCUT2D eigenvalue weighted by Crippen LogP contribution is 2.29. The Balaban J connectivity index is 1.30. The van der Waals surface area contributed by atoms with Crippen molar-refractivity contribution in [3.63, 3.8) is 0 Å². The number of anilines is 1. The summed E-state index contributed by atoms with van der Waals surface area (Å²) in [4.78, 5) is 37.7. The number of amides is 3. The van der Waals surface area contributed by atoms with Crippen molar-refractivity contribution in [1.29, 1.82) is 0 Å². The number of ether oxygens (including phenoxy) is 2. The molecule has 2 N–H and O–H groups in total. The fourth-order valence-electron chi connectivity index (χ4n) is 6.94. The molecule has 0 spiro atoms. The Morgan fingerprint density at radius 2 is 1.87 bits per heavy atom. The highest BCUT2D eigenvalue weighted by atomic mass is 16.5. The maximum absolute atomic E-state index is 14.0. The normalized spacial score (nSPS) is 22.0. The van der Waals surface area contributed by atoms with E-state index in [1.165, 1.54) is 24.8 Å². The number of fused-ring (bicyclic) bond motifs is 1. The first-order valence-electron chi connectivity index (χ1n) is 17.4. The number of nitrogens with zero attached hydrogens (tertiary/aromatic N) is 4. The van der Waals surface area contributed by atoms with Crippen LogP contribution in [0.4, 0.5) is 10.5 Å². The molecule has 1 aromatic heterocycles. The highest BCUT2D eigenvalue weighted by molar-refractivity contribution is 5.90. The molecule has 3 amide bonds. The third-order valence-corrected chi connectivity index (χ3v) is 9.65. The second-order valence-electron chi connectivity index (χ2n) is 13.6. The van der Waals surface area contributed by atoms with Crippen molar-refractivity contribution in [2.24, 2.45) is 5.92 Å². The van der Waals surface area contributed by atoms with Gasteiger partial charge in [-0.25, -0.2) is 4.79 Å². The number of nitrogens with one attached hydrogen (secondary N) is 2. The molecule has 10 heteroatoms. The molecule has 0 bridgehead atoms. The lowest BCUT2D eigenvalue weighted by atomic mass is 9.96. The summed E-state index contributed by atoms with van der Waals surface area (Å²) in [5.41, 5.74) is 2.63. The Hall–Kier alpha value is -3.21. The number of likely N-dealkylation sites (N-methyl/N-ethyl adjacent to an activating group) is 1. The summed E-state index contributed by atoms with van der Waals surface area (Å²) in [6, 6.07) is 9.68. The largest absolute Gasteiger partial charge is 0.488 e. The van der Waals surface area contributed by atoms with E-state index in [1.807, 2.05) is 47.6 Å². The minimum absolute atomic E-state index is 0.0435. The molecule has 3 aliphatic rings. The highest BCUT2D eigenvalue weighted by Gasteiger charge is 2.31. The molecule has 10 nitrogen and oxygen atoms in total. The number of pyridine rings is 1. The molecule has 2 fully saturated rings. The molecule has 3 heterocycles. The molecule has 1 aliphatic carbocycles. The molecule has 5 rings (SSSR count). The van der Waals surface area contributed by atoms with Crippen LogP contribution in [0.3, 0.4) is 0 Å². The van der Waals surface area contributed by atoms with E-state index in [4.69, 9.17) is 9.47 Å². The number of hydrogen-bond donors (Lipinski definition) is 2. The van der Waals surface area contributed by atoms with Gasteiger partial charge in [0.2, 0.25) is 5.91 Å². The standard InChI is InChI=1S/C36H54N6O4/c1-27-23-42(28(2)26-45-20-19-41-17-7-8-18-41)35(43)22-30-21-32(39-36(44)38-31-9-5-4-6-10-31)11-12-33(30)46-34(27)25-40(3)24-29-13-15-37-16-14-29/h11-16,21,27-28,31,34H,4-10,17-20,22-26H2,1-3H3,(H2,38,39,44). The van der Waals surface area contributed by atoms with Crippen LogP contribution >= 0.6 is 0 Å². The lowest BCUT2D eigenvalue weighted by Gasteiger charge is -2.34. The van der Waals surface area contributed by atoms with Crippen molar-refractivity contribution < 1.29 is 19.1 Å². The van der Waals surface area contributed by atoms with Crippen LogP contribution in [-0.4, -0.2) is 103 Å². The summed E-state index contributed by atoms with van der Waals surface area (Å²) in [7, 11) is 2.10. The summed E-state index contributed by atoms with van der Waals surface area (Å²) < 4.78 is 12.9. The Bertz CT molecular complexity index is 1250. The molecule has 46 heavy (non-hydrogen) atoms. The minimum Gasteiger partial charge on any atom is -0.488 e. The van der Waals surface area contributed by atoms with E-state index in [1.54, 1.807) is 0 Å². The van der Waals surface area contributed by atoms with Crippen LogP contribution in [0.25, 0.3) is 0 Å². The average Bonchev–Trinajstić information content (AvgIpc) is 3.57. The molecular weight excluding hydrogens is 580 g/mol. The molecule has 1 aromatic carbocycles. The third-order valence-electron chi connectivity index (χ3n) is 9.65. The van der Waals surface area contributed by atoms with Crippen LogP contribution in [0.15, 0.2) is 42.7 Å². The van der Waals surface area contributed by atoms with Gasteiger partial charge in [-0.1, -0.05) is 26.2 Å². The summed E-state index contributed by atoms with van der Waals surface area (Å²) >= 11 is 0. The van der Waals surface area contributed by atoms with Crippen molar-refractivity contribution in [2.45, 2.75) is 89.9 Å². The van der Waals surface area contributed by atoms with E-state index in [0.29, 0.717) is 37.7 Å². The first-order valence-corrected chi connectivity index (χ1v) is 17.4. The van der Waals surface area contributed by atoms with Gasteiger partial charge in [-0.05, 0) is 88.6 Å². The maximum Gasteiger partial charge on any atom is 0.319 e. The molecule has 3 unspecified atom stereocenters. The minimum atomic E-state index is -0.201. The number of benzene rings is 1. The molecule has 2 aliphatic heterocycles. The van der Waals surface area contributed by atoms with Crippen LogP contribution < -0.4 is 15.4 Å². The summed E-state index contributed by atoms with van der Waals surface area (Å²) in [6.45, 7) is 10.7. The quantitative estimate of drug-likeness (QED) is 0.319. The molecule has 3 atom stereocenters. The van der Waals surface area contributed by atoms with Crippen LogP contribution in [0.1, 0.15) is 69.9 Å². The number of carbonyl (C=O) groups excluding carboxylic acids is 2. The summed E-state index contributed by atoms with van der Waals surface area (Å²) in [6.07, 6.45) is 11.8.